The molecule has 2 N–H and O–H groups in total. The minimum absolute atomic E-state index is 0.182. The number of hydrogen-bond acceptors (Lipinski definition) is 3. The number of halogens is 1. The van der Waals surface area contributed by atoms with Crippen LogP contribution in [0.25, 0.3) is 10.1 Å². The van der Waals surface area contributed by atoms with Crippen LogP contribution >= 0.6 is 11.3 Å². The molecule has 4 nitrogen and oxygen atoms in total. The maximum atomic E-state index is 13.1. The van der Waals surface area contributed by atoms with Gasteiger partial charge in [-0.05, 0) is 23.6 Å². The van der Waals surface area contributed by atoms with Crippen molar-refractivity contribution in [3.8, 4) is 0 Å². The van der Waals surface area contributed by atoms with E-state index in [1.54, 1.807) is 24.5 Å². The van der Waals surface area contributed by atoms with Crippen molar-refractivity contribution in [3.63, 3.8) is 0 Å². The number of nitrogens with zero attached hydrogens (tertiary/aromatic N) is 1. The topological polar surface area (TPSA) is 57.8 Å². The number of carbonyl (C=O) groups is 1. The molecule has 0 saturated carbocycles. The average molecular weight is 275 g/mol. The van der Waals surface area contributed by atoms with Gasteiger partial charge in [0.15, 0.2) is 0 Å². The molecule has 96 valence electrons. The molecule has 6 heteroatoms. The number of H-pyrrole nitrogens is 1. The number of carbonyl (C=O) groups excluding carboxylic acids is 1. The second-order valence-electron chi connectivity index (χ2n) is 4.01. The van der Waals surface area contributed by atoms with E-state index in [-0.39, 0.29) is 11.7 Å². The first-order valence-electron chi connectivity index (χ1n) is 5.68. The van der Waals surface area contributed by atoms with Gasteiger partial charge in [0.25, 0.3) is 5.91 Å². The van der Waals surface area contributed by atoms with Crippen molar-refractivity contribution < 1.29 is 9.18 Å². The number of amides is 1. The molecular formula is C13H10FN3OS. The summed E-state index contributed by atoms with van der Waals surface area (Å²) in [5.41, 5.74) is 0. The van der Waals surface area contributed by atoms with Crippen LogP contribution in [0, 0.1) is 5.82 Å². The number of imidazole rings is 1. The van der Waals surface area contributed by atoms with E-state index in [2.05, 4.69) is 15.3 Å². The first kappa shape index (κ1) is 11.9. The van der Waals surface area contributed by atoms with E-state index < -0.39 is 0 Å². The van der Waals surface area contributed by atoms with E-state index in [0.717, 1.165) is 10.1 Å². The Bertz CT molecular complexity index is 721. The summed E-state index contributed by atoms with van der Waals surface area (Å²) in [6, 6.07) is 6.25. The minimum atomic E-state index is -0.295. The number of fused-ring (bicyclic) bond motifs is 1. The summed E-state index contributed by atoms with van der Waals surface area (Å²) in [5, 5.41) is 3.63. The predicted molar refractivity (Wildman–Crippen MR) is 71.5 cm³/mol. The highest BCUT2D eigenvalue weighted by Crippen LogP contribution is 2.26. The zero-order valence-electron chi connectivity index (χ0n) is 9.81. The predicted octanol–water partition coefficient (Wildman–Crippen LogP) is 2.69. The third-order valence-electron chi connectivity index (χ3n) is 2.68. The van der Waals surface area contributed by atoms with Gasteiger partial charge in [-0.3, -0.25) is 4.79 Å². The van der Waals surface area contributed by atoms with Crippen LogP contribution in [0.15, 0.2) is 36.7 Å². The number of aromatic amines is 1. The molecule has 19 heavy (non-hydrogen) atoms. The van der Waals surface area contributed by atoms with E-state index in [4.69, 9.17) is 0 Å². The van der Waals surface area contributed by atoms with Gasteiger partial charge in [-0.25, -0.2) is 9.37 Å². The molecule has 0 unspecified atom stereocenters. The molecule has 0 saturated heterocycles. The lowest BCUT2D eigenvalue weighted by molar-refractivity contribution is 0.0954. The standard InChI is InChI=1S/C13H10FN3OS/c14-9-2-1-8-5-11(19-10(8)6-9)13(18)17-7-12-15-3-4-16-12/h1-6H,7H2,(H,15,16)(H,17,18). The smallest absolute Gasteiger partial charge is 0.261 e. The summed E-state index contributed by atoms with van der Waals surface area (Å²) in [4.78, 5) is 19.4. The Morgan fingerprint density at radius 1 is 1.42 bits per heavy atom. The van der Waals surface area contributed by atoms with Crippen molar-refractivity contribution in [1.82, 2.24) is 15.3 Å². The van der Waals surface area contributed by atoms with E-state index in [1.165, 1.54) is 23.5 Å². The Balaban J connectivity index is 1.77. The van der Waals surface area contributed by atoms with Crippen LogP contribution in [-0.4, -0.2) is 15.9 Å². The van der Waals surface area contributed by atoms with Crippen LogP contribution in [0.1, 0.15) is 15.5 Å². The van der Waals surface area contributed by atoms with Gasteiger partial charge in [0, 0.05) is 17.1 Å². The van der Waals surface area contributed by atoms with Gasteiger partial charge in [0.2, 0.25) is 0 Å². The summed E-state index contributed by atoms with van der Waals surface area (Å²) in [5.74, 6) is 0.218. The Morgan fingerprint density at radius 2 is 2.32 bits per heavy atom. The van der Waals surface area contributed by atoms with Crippen molar-refractivity contribution in [1.29, 1.82) is 0 Å². The van der Waals surface area contributed by atoms with Gasteiger partial charge >= 0.3 is 0 Å². The summed E-state index contributed by atoms with van der Waals surface area (Å²) in [6.07, 6.45) is 3.33. The summed E-state index contributed by atoms with van der Waals surface area (Å²) >= 11 is 1.27. The highest BCUT2D eigenvalue weighted by atomic mass is 32.1. The molecular weight excluding hydrogens is 265 g/mol. The molecule has 0 bridgehead atoms. The molecule has 2 heterocycles. The lowest BCUT2D eigenvalue weighted by Gasteiger charge is -1.99. The monoisotopic (exact) mass is 275 g/mol. The van der Waals surface area contributed by atoms with Crippen LogP contribution in [0.4, 0.5) is 4.39 Å². The van der Waals surface area contributed by atoms with Gasteiger partial charge in [-0.2, -0.15) is 0 Å². The second kappa shape index (κ2) is 4.81. The molecule has 0 aliphatic rings. The SMILES string of the molecule is O=C(NCc1ncc[nH]1)c1cc2ccc(F)cc2s1. The van der Waals surface area contributed by atoms with Crippen molar-refractivity contribution in [2.24, 2.45) is 0 Å². The second-order valence-corrected chi connectivity index (χ2v) is 5.10. The van der Waals surface area contributed by atoms with E-state index >= 15 is 0 Å². The Morgan fingerprint density at radius 3 is 3.11 bits per heavy atom. The fourth-order valence-corrected chi connectivity index (χ4v) is 2.77. The van der Waals surface area contributed by atoms with Gasteiger partial charge in [-0.15, -0.1) is 11.3 Å². The molecule has 3 aromatic rings. The Kier molecular flexibility index (Phi) is 3.00. The third kappa shape index (κ3) is 2.48. The molecule has 0 spiro atoms. The van der Waals surface area contributed by atoms with Gasteiger partial charge < -0.3 is 10.3 Å². The lowest BCUT2D eigenvalue weighted by atomic mass is 10.2. The number of aromatic nitrogens is 2. The highest BCUT2D eigenvalue weighted by Gasteiger charge is 2.10. The molecule has 0 aliphatic carbocycles. The van der Waals surface area contributed by atoms with Crippen LogP contribution < -0.4 is 5.32 Å². The van der Waals surface area contributed by atoms with Crippen molar-refractivity contribution in [2.45, 2.75) is 6.54 Å². The molecule has 0 aliphatic heterocycles. The number of benzene rings is 1. The molecule has 3 rings (SSSR count). The zero-order chi connectivity index (χ0) is 13.2. The summed E-state index contributed by atoms with van der Waals surface area (Å²) in [7, 11) is 0. The number of rotatable bonds is 3. The fraction of sp³-hybridized carbons (Fsp3) is 0.0769. The largest absolute Gasteiger partial charge is 0.347 e. The van der Waals surface area contributed by atoms with E-state index in [9.17, 15) is 9.18 Å². The van der Waals surface area contributed by atoms with Crippen LogP contribution in [0.3, 0.4) is 0 Å². The molecule has 1 amide bonds. The van der Waals surface area contributed by atoms with Crippen molar-refractivity contribution >= 4 is 27.3 Å². The first-order chi connectivity index (χ1) is 9.22. The van der Waals surface area contributed by atoms with Gasteiger partial charge in [0.05, 0.1) is 11.4 Å². The molecule has 0 atom stereocenters. The van der Waals surface area contributed by atoms with E-state index in [0.29, 0.717) is 17.2 Å². The number of thiophene rings is 1. The Labute approximate surface area is 112 Å². The van der Waals surface area contributed by atoms with Gasteiger partial charge in [0.1, 0.15) is 11.6 Å². The average Bonchev–Trinajstić information content (AvgIpc) is 3.04. The van der Waals surface area contributed by atoms with Crippen molar-refractivity contribution in [2.75, 3.05) is 0 Å². The lowest BCUT2D eigenvalue weighted by Crippen LogP contribution is -2.22. The number of nitrogens with one attached hydrogen (secondary N) is 2. The summed E-state index contributed by atoms with van der Waals surface area (Å²) in [6.45, 7) is 0.342. The van der Waals surface area contributed by atoms with Crippen LogP contribution in [-0.2, 0) is 6.54 Å². The fourth-order valence-electron chi connectivity index (χ4n) is 1.76. The molecule has 1 aromatic carbocycles. The maximum absolute atomic E-state index is 13.1. The normalized spacial score (nSPS) is 10.8. The quantitative estimate of drug-likeness (QED) is 0.772. The molecule has 0 fully saturated rings. The molecule has 0 radical (unpaired) electrons. The van der Waals surface area contributed by atoms with Crippen LogP contribution in [0.5, 0.6) is 0 Å². The van der Waals surface area contributed by atoms with Crippen molar-refractivity contribution in [3.05, 3.63) is 53.2 Å². The first-order valence-corrected chi connectivity index (χ1v) is 6.49. The molecule has 2 aromatic heterocycles. The highest BCUT2D eigenvalue weighted by molar-refractivity contribution is 7.20. The van der Waals surface area contributed by atoms with E-state index in [1.807, 2.05) is 0 Å². The maximum Gasteiger partial charge on any atom is 0.261 e. The Hall–Kier alpha value is -2.21. The number of hydrogen-bond donors (Lipinski definition) is 2. The summed E-state index contributed by atoms with van der Waals surface area (Å²) < 4.78 is 13.8. The van der Waals surface area contributed by atoms with Gasteiger partial charge in [-0.1, -0.05) is 6.07 Å². The van der Waals surface area contributed by atoms with Crippen LogP contribution in [0.2, 0.25) is 0 Å². The minimum Gasteiger partial charge on any atom is -0.347 e. The third-order valence-corrected chi connectivity index (χ3v) is 3.77. The zero-order valence-corrected chi connectivity index (χ0v) is 10.6.